The lowest BCUT2D eigenvalue weighted by Crippen LogP contribution is -2.35. The first-order valence-electron chi connectivity index (χ1n) is 6.39. The molecule has 1 heterocycles. The van der Waals surface area contributed by atoms with Gasteiger partial charge >= 0.3 is 5.97 Å². The molecule has 0 bridgehead atoms. The molecule has 1 unspecified atom stereocenters. The van der Waals surface area contributed by atoms with Crippen LogP contribution in [0, 0.1) is 6.92 Å². The van der Waals surface area contributed by atoms with Gasteiger partial charge in [0, 0.05) is 30.2 Å². The van der Waals surface area contributed by atoms with Gasteiger partial charge in [-0.1, -0.05) is 18.2 Å². The minimum absolute atomic E-state index is 0.489. The summed E-state index contributed by atoms with van der Waals surface area (Å²) in [5, 5.41) is 10.3. The Morgan fingerprint density at radius 1 is 1.42 bits per heavy atom. The zero-order valence-electron chi connectivity index (χ0n) is 11.8. The Morgan fingerprint density at radius 3 is 2.63 bits per heavy atom. The van der Waals surface area contributed by atoms with E-state index in [1.807, 2.05) is 31.1 Å². The van der Waals surface area contributed by atoms with Gasteiger partial charge in [0.15, 0.2) is 0 Å². The molecule has 0 aliphatic heterocycles. The molecule has 1 aromatic heterocycles. The van der Waals surface area contributed by atoms with Gasteiger partial charge in [0.05, 0.1) is 0 Å². The number of hydrogen-bond acceptors (Lipinski definition) is 2. The maximum Gasteiger partial charge on any atom is 0.320 e. The maximum atomic E-state index is 11.0. The average Bonchev–Trinajstić information content (AvgIpc) is 2.63. The van der Waals surface area contributed by atoms with E-state index in [-0.39, 0.29) is 0 Å². The normalized spacial score (nSPS) is 13.1. The van der Waals surface area contributed by atoms with Crippen LogP contribution in [0.5, 0.6) is 0 Å². The molecular formula is C15H20N2O2. The summed E-state index contributed by atoms with van der Waals surface area (Å²) in [5.41, 5.74) is 3.57. The zero-order valence-corrected chi connectivity index (χ0v) is 11.8. The molecule has 0 aliphatic rings. The van der Waals surface area contributed by atoms with Crippen molar-refractivity contribution in [1.82, 2.24) is 9.47 Å². The number of fused-ring (bicyclic) bond motifs is 1. The number of nitrogens with zero attached hydrogens (tertiary/aromatic N) is 2. The van der Waals surface area contributed by atoms with Crippen LogP contribution < -0.4 is 0 Å². The van der Waals surface area contributed by atoms with Gasteiger partial charge in [0.1, 0.15) is 6.04 Å². The standard InChI is InChI=1S/C15H20N2O2/c1-10-12-7-5-6-8-13(12)17(4)14(10)9-16(3)11(2)15(18)19/h5-8,11H,9H2,1-4H3,(H,18,19). The third kappa shape index (κ3) is 2.36. The summed E-state index contributed by atoms with van der Waals surface area (Å²) in [7, 11) is 3.87. The second-order valence-corrected chi connectivity index (χ2v) is 5.08. The largest absolute Gasteiger partial charge is 0.480 e. The Hall–Kier alpha value is -1.81. The smallest absolute Gasteiger partial charge is 0.320 e. The Morgan fingerprint density at radius 2 is 2.05 bits per heavy atom. The molecule has 0 spiro atoms. The van der Waals surface area contributed by atoms with Gasteiger partial charge in [-0.25, -0.2) is 0 Å². The number of hydrogen-bond donors (Lipinski definition) is 1. The topological polar surface area (TPSA) is 45.5 Å². The molecule has 0 radical (unpaired) electrons. The molecule has 1 N–H and O–H groups in total. The lowest BCUT2D eigenvalue weighted by Gasteiger charge is -2.22. The first-order chi connectivity index (χ1) is 8.93. The van der Waals surface area contributed by atoms with Gasteiger partial charge in [0.2, 0.25) is 0 Å². The summed E-state index contributed by atoms with van der Waals surface area (Å²) in [4.78, 5) is 12.9. The van der Waals surface area contributed by atoms with Gasteiger partial charge in [-0.15, -0.1) is 0 Å². The molecule has 0 saturated heterocycles. The van der Waals surface area contributed by atoms with Crippen LogP contribution in [0.25, 0.3) is 10.9 Å². The molecule has 4 heteroatoms. The fourth-order valence-electron chi connectivity index (χ4n) is 2.42. The number of carboxylic acid groups (broad SMARTS) is 1. The number of para-hydroxylation sites is 1. The van der Waals surface area contributed by atoms with Gasteiger partial charge in [0.25, 0.3) is 0 Å². The number of aromatic nitrogens is 1. The van der Waals surface area contributed by atoms with Gasteiger partial charge < -0.3 is 9.67 Å². The summed E-state index contributed by atoms with van der Waals surface area (Å²) < 4.78 is 2.15. The minimum Gasteiger partial charge on any atom is -0.480 e. The van der Waals surface area contributed by atoms with E-state index >= 15 is 0 Å². The first-order valence-corrected chi connectivity index (χ1v) is 6.39. The van der Waals surface area contributed by atoms with Crippen LogP contribution in [-0.2, 0) is 18.4 Å². The summed E-state index contributed by atoms with van der Waals surface area (Å²) >= 11 is 0. The van der Waals surface area contributed by atoms with Crippen molar-refractivity contribution >= 4 is 16.9 Å². The van der Waals surface area contributed by atoms with E-state index in [1.54, 1.807) is 6.92 Å². The van der Waals surface area contributed by atoms with E-state index < -0.39 is 12.0 Å². The number of aliphatic carboxylic acids is 1. The van der Waals surface area contributed by atoms with Crippen LogP contribution in [0.4, 0.5) is 0 Å². The molecule has 0 amide bonds. The van der Waals surface area contributed by atoms with Crippen molar-refractivity contribution in [3.8, 4) is 0 Å². The summed E-state index contributed by atoms with van der Waals surface area (Å²) in [5.74, 6) is -0.793. The highest BCUT2D eigenvalue weighted by atomic mass is 16.4. The van der Waals surface area contributed by atoms with Crippen molar-refractivity contribution in [1.29, 1.82) is 0 Å². The molecule has 4 nitrogen and oxygen atoms in total. The minimum atomic E-state index is -0.793. The fraction of sp³-hybridized carbons (Fsp3) is 0.400. The molecule has 0 fully saturated rings. The van der Waals surface area contributed by atoms with E-state index in [0.717, 1.165) is 5.69 Å². The second kappa shape index (κ2) is 5.05. The first kappa shape index (κ1) is 13.6. The molecule has 0 aliphatic carbocycles. The summed E-state index contributed by atoms with van der Waals surface area (Å²) in [6.45, 7) is 4.43. The number of likely N-dealkylation sites (N-methyl/N-ethyl adjacent to an activating group) is 1. The predicted molar refractivity (Wildman–Crippen MR) is 76.2 cm³/mol. The molecule has 102 valence electrons. The van der Waals surface area contributed by atoms with Crippen LogP contribution in [0.3, 0.4) is 0 Å². The number of carboxylic acids is 1. The van der Waals surface area contributed by atoms with Crippen molar-refractivity contribution < 1.29 is 9.90 Å². The van der Waals surface area contributed by atoms with Crippen molar-refractivity contribution in [2.75, 3.05) is 7.05 Å². The van der Waals surface area contributed by atoms with Gasteiger partial charge in [-0.2, -0.15) is 0 Å². The van der Waals surface area contributed by atoms with Crippen molar-refractivity contribution in [3.05, 3.63) is 35.5 Å². The predicted octanol–water partition coefficient (Wildman–Crippen LogP) is 2.39. The van der Waals surface area contributed by atoms with E-state index in [4.69, 9.17) is 5.11 Å². The highest BCUT2D eigenvalue weighted by Gasteiger charge is 2.20. The van der Waals surface area contributed by atoms with E-state index in [0.29, 0.717) is 6.54 Å². The lowest BCUT2D eigenvalue weighted by atomic mass is 10.1. The fourth-order valence-corrected chi connectivity index (χ4v) is 2.42. The third-order valence-electron chi connectivity index (χ3n) is 3.92. The van der Waals surface area contributed by atoms with Crippen molar-refractivity contribution in [2.45, 2.75) is 26.4 Å². The van der Waals surface area contributed by atoms with E-state index in [1.165, 1.54) is 16.5 Å². The molecule has 1 aromatic carbocycles. The quantitative estimate of drug-likeness (QED) is 0.918. The highest BCUT2D eigenvalue weighted by Crippen LogP contribution is 2.25. The Balaban J connectivity index is 2.38. The van der Waals surface area contributed by atoms with Crippen LogP contribution >= 0.6 is 0 Å². The maximum absolute atomic E-state index is 11.0. The second-order valence-electron chi connectivity index (χ2n) is 5.08. The van der Waals surface area contributed by atoms with Crippen molar-refractivity contribution in [3.63, 3.8) is 0 Å². The van der Waals surface area contributed by atoms with Gasteiger partial charge in [-0.3, -0.25) is 9.69 Å². The Bertz CT molecular complexity index is 577. The van der Waals surface area contributed by atoms with Crippen LogP contribution in [0.1, 0.15) is 18.2 Å². The van der Waals surface area contributed by atoms with Crippen LogP contribution in [0.15, 0.2) is 24.3 Å². The van der Waals surface area contributed by atoms with Crippen molar-refractivity contribution in [2.24, 2.45) is 7.05 Å². The molecule has 2 aromatic rings. The highest BCUT2D eigenvalue weighted by molar-refractivity contribution is 5.85. The summed E-state index contributed by atoms with van der Waals surface area (Å²) in [6.07, 6.45) is 0. The van der Waals surface area contributed by atoms with E-state index in [2.05, 4.69) is 23.6 Å². The molecular weight excluding hydrogens is 240 g/mol. The van der Waals surface area contributed by atoms with Crippen LogP contribution in [-0.4, -0.2) is 33.6 Å². The average molecular weight is 260 g/mol. The third-order valence-corrected chi connectivity index (χ3v) is 3.92. The Kier molecular flexibility index (Phi) is 3.62. The Labute approximate surface area is 113 Å². The number of aryl methyl sites for hydroxylation is 2. The molecule has 2 rings (SSSR count). The summed E-state index contributed by atoms with van der Waals surface area (Å²) in [6, 6.07) is 7.76. The lowest BCUT2D eigenvalue weighted by molar-refractivity contribution is -0.142. The molecule has 1 atom stereocenters. The van der Waals surface area contributed by atoms with Crippen LogP contribution in [0.2, 0.25) is 0 Å². The molecule has 0 saturated carbocycles. The molecule has 19 heavy (non-hydrogen) atoms. The monoisotopic (exact) mass is 260 g/mol. The van der Waals surface area contributed by atoms with E-state index in [9.17, 15) is 4.79 Å². The van der Waals surface area contributed by atoms with Gasteiger partial charge in [-0.05, 0) is 32.5 Å². The SMILES string of the molecule is Cc1c(CN(C)C(C)C(=O)O)n(C)c2ccccc12. The number of benzene rings is 1. The number of rotatable bonds is 4. The number of carbonyl (C=O) groups is 1. The zero-order chi connectivity index (χ0) is 14.2.